The molecular weight excluding hydrogens is 545 g/mol. The van der Waals surface area contributed by atoms with Gasteiger partial charge in [-0.3, -0.25) is 13.9 Å². The van der Waals surface area contributed by atoms with Crippen molar-refractivity contribution >= 4 is 50.7 Å². The Hall–Kier alpha value is -3.07. The molecule has 0 heterocycles. The predicted molar refractivity (Wildman–Crippen MR) is 152 cm³/mol. The molecule has 0 aliphatic rings. The summed E-state index contributed by atoms with van der Waals surface area (Å²) in [6, 6.07) is 18.7. The van der Waals surface area contributed by atoms with E-state index < -0.39 is 28.5 Å². The van der Waals surface area contributed by atoms with Crippen LogP contribution in [0.2, 0.25) is 10.0 Å². The van der Waals surface area contributed by atoms with Gasteiger partial charge < -0.3 is 10.2 Å². The largest absolute Gasteiger partial charge is 0.352 e. The Morgan fingerprint density at radius 2 is 1.55 bits per heavy atom. The molecule has 0 spiro atoms. The number of anilines is 1. The lowest BCUT2D eigenvalue weighted by molar-refractivity contribution is -0.139. The third-order valence-electron chi connectivity index (χ3n) is 5.95. The summed E-state index contributed by atoms with van der Waals surface area (Å²) in [6.45, 7) is 6.47. The van der Waals surface area contributed by atoms with Crippen LogP contribution in [0.4, 0.5) is 5.69 Å². The van der Waals surface area contributed by atoms with Crippen molar-refractivity contribution < 1.29 is 18.0 Å². The minimum atomic E-state index is -4.12. The number of rotatable bonds is 10. The number of carbonyl (C=O) groups is 2. The van der Waals surface area contributed by atoms with Gasteiger partial charge in [0.2, 0.25) is 11.8 Å². The summed E-state index contributed by atoms with van der Waals surface area (Å²) in [6.07, 6.45) is 0. The highest BCUT2D eigenvalue weighted by Gasteiger charge is 2.33. The van der Waals surface area contributed by atoms with Crippen molar-refractivity contribution in [3.63, 3.8) is 0 Å². The Bertz CT molecular complexity index is 1400. The maximum Gasteiger partial charge on any atom is 0.264 e. The highest BCUT2D eigenvalue weighted by atomic mass is 35.5. The fourth-order valence-electron chi connectivity index (χ4n) is 3.90. The summed E-state index contributed by atoms with van der Waals surface area (Å²) in [5, 5.41) is 3.58. The third kappa shape index (κ3) is 7.07. The minimum absolute atomic E-state index is 0.0193. The van der Waals surface area contributed by atoms with Crippen LogP contribution in [0.25, 0.3) is 0 Å². The van der Waals surface area contributed by atoms with E-state index in [4.69, 9.17) is 23.2 Å². The van der Waals surface area contributed by atoms with Crippen molar-refractivity contribution in [2.75, 3.05) is 10.8 Å². The van der Waals surface area contributed by atoms with Crippen LogP contribution in [-0.4, -0.2) is 43.8 Å². The molecular formula is C28H31Cl2N3O4S. The SMILES string of the molecule is Cc1ccccc1N(CC(=O)N(Cc1ccc(Cl)cc1Cl)[C@@H](C)C(=O)NC(C)C)S(=O)(=O)c1ccccc1. The number of para-hydroxylation sites is 1. The molecule has 0 aliphatic carbocycles. The Kier molecular flexibility index (Phi) is 9.82. The van der Waals surface area contributed by atoms with E-state index in [-0.39, 0.29) is 23.4 Å². The van der Waals surface area contributed by atoms with Crippen LogP contribution in [0.3, 0.4) is 0 Å². The summed E-state index contributed by atoms with van der Waals surface area (Å²) in [4.78, 5) is 28.2. The van der Waals surface area contributed by atoms with Crippen LogP contribution < -0.4 is 9.62 Å². The van der Waals surface area contributed by atoms with E-state index >= 15 is 0 Å². The molecule has 10 heteroatoms. The summed E-state index contributed by atoms with van der Waals surface area (Å²) >= 11 is 12.4. The van der Waals surface area contributed by atoms with Gasteiger partial charge in [-0.15, -0.1) is 0 Å². The molecule has 0 unspecified atom stereocenters. The monoisotopic (exact) mass is 575 g/mol. The lowest BCUT2D eigenvalue weighted by atomic mass is 10.1. The average Bonchev–Trinajstić information content (AvgIpc) is 2.87. The van der Waals surface area contributed by atoms with Gasteiger partial charge in [0.25, 0.3) is 10.0 Å². The van der Waals surface area contributed by atoms with E-state index in [1.807, 2.05) is 13.8 Å². The maximum absolute atomic E-state index is 13.9. The first-order valence-corrected chi connectivity index (χ1v) is 14.3. The van der Waals surface area contributed by atoms with E-state index in [0.717, 1.165) is 4.31 Å². The van der Waals surface area contributed by atoms with Crippen molar-refractivity contribution in [1.82, 2.24) is 10.2 Å². The molecule has 38 heavy (non-hydrogen) atoms. The number of nitrogens with zero attached hydrogens (tertiary/aromatic N) is 2. The molecule has 0 fully saturated rings. The van der Waals surface area contributed by atoms with E-state index in [1.54, 1.807) is 74.5 Å². The van der Waals surface area contributed by atoms with Crippen molar-refractivity contribution in [3.05, 3.63) is 94.0 Å². The van der Waals surface area contributed by atoms with Crippen LogP contribution in [-0.2, 0) is 26.2 Å². The summed E-state index contributed by atoms with van der Waals surface area (Å²) in [5.74, 6) is -0.933. The molecule has 3 aromatic rings. The Morgan fingerprint density at radius 1 is 0.921 bits per heavy atom. The smallest absolute Gasteiger partial charge is 0.264 e. The van der Waals surface area contributed by atoms with Crippen molar-refractivity contribution in [2.24, 2.45) is 0 Å². The molecule has 2 amide bonds. The zero-order valence-corrected chi connectivity index (χ0v) is 24.0. The summed E-state index contributed by atoms with van der Waals surface area (Å²) < 4.78 is 28.7. The quantitative estimate of drug-likeness (QED) is 0.348. The Morgan fingerprint density at radius 3 is 2.16 bits per heavy atom. The Labute approximate surface area is 234 Å². The fourth-order valence-corrected chi connectivity index (χ4v) is 5.87. The normalized spacial score (nSPS) is 12.2. The number of amides is 2. The molecule has 0 radical (unpaired) electrons. The van der Waals surface area contributed by atoms with E-state index in [1.165, 1.54) is 17.0 Å². The number of benzene rings is 3. The zero-order chi connectivity index (χ0) is 28.0. The van der Waals surface area contributed by atoms with E-state index in [0.29, 0.717) is 26.9 Å². The number of carbonyl (C=O) groups excluding carboxylic acids is 2. The average molecular weight is 577 g/mol. The second-order valence-corrected chi connectivity index (χ2v) is 11.9. The number of hydrogen-bond donors (Lipinski definition) is 1. The molecule has 0 bridgehead atoms. The van der Waals surface area contributed by atoms with Crippen molar-refractivity contribution in [2.45, 2.75) is 51.2 Å². The van der Waals surface area contributed by atoms with Crippen LogP contribution in [0, 0.1) is 6.92 Å². The number of halogens is 2. The molecule has 202 valence electrons. The molecule has 1 atom stereocenters. The molecule has 7 nitrogen and oxygen atoms in total. The number of nitrogens with one attached hydrogen (secondary N) is 1. The predicted octanol–water partition coefficient (Wildman–Crippen LogP) is 5.44. The molecule has 3 rings (SSSR count). The highest BCUT2D eigenvalue weighted by Crippen LogP contribution is 2.28. The lowest BCUT2D eigenvalue weighted by Gasteiger charge is -2.33. The molecule has 0 saturated carbocycles. The van der Waals surface area contributed by atoms with Gasteiger partial charge >= 0.3 is 0 Å². The number of sulfonamides is 1. The van der Waals surface area contributed by atoms with Crippen LogP contribution in [0.5, 0.6) is 0 Å². The van der Waals surface area contributed by atoms with Crippen LogP contribution >= 0.6 is 23.2 Å². The fraction of sp³-hybridized carbons (Fsp3) is 0.286. The van der Waals surface area contributed by atoms with Gasteiger partial charge in [-0.25, -0.2) is 8.42 Å². The molecule has 0 aliphatic heterocycles. The summed E-state index contributed by atoms with van der Waals surface area (Å²) in [5.41, 5.74) is 1.62. The van der Waals surface area contributed by atoms with Gasteiger partial charge in [-0.05, 0) is 69.2 Å². The van der Waals surface area contributed by atoms with Crippen LogP contribution in [0.15, 0.2) is 77.7 Å². The first-order chi connectivity index (χ1) is 17.9. The zero-order valence-electron chi connectivity index (χ0n) is 21.7. The van der Waals surface area contributed by atoms with Gasteiger partial charge in [0.1, 0.15) is 12.6 Å². The Balaban J connectivity index is 2.05. The van der Waals surface area contributed by atoms with Gasteiger partial charge in [-0.1, -0.05) is 65.7 Å². The first-order valence-electron chi connectivity index (χ1n) is 12.1. The second-order valence-electron chi connectivity index (χ2n) is 9.21. The third-order valence-corrected chi connectivity index (χ3v) is 8.31. The first kappa shape index (κ1) is 29.5. The molecule has 0 saturated heterocycles. The molecule has 3 aromatic carbocycles. The molecule has 0 aromatic heterocycles. The van der Waals surface area contributed by atoms with Crippen LogP contribution in [0.1, 0.15) is 31.9 Å². The van der Waals surface area contributed by atoms with Gasteiger partial charge in [0.15, 0.2) is 0 Å². The highest BCUT2D eigenvalue weighted by molar-refractivity contribution is 7.92. The lowest BCUT2D eigenvalue weighted by Crippen LogP contribution is -2.52. The number of aryl methyl sites for hydroxylation is 1. The van der Waals surface area contributed by atoms with Gasteiger partial charge in [-0.2, -0.15) is 0 Å². The van der Waals surface area contributed by atoms with Gasteiger partial charge in [0.05, 0.1) is 10.6 Å². The second kappa shape index (κ2) is 12.7. The maximum atomic E-state index is 13.9. The van der Waals surface area contributed by atoms with E-state index in [9.17, 15) is 18.0 Å². The van der Waals surface area contributed by atoms with Crippen molar-refractivity contribution in [1.29, 1.82) is 0 Å². The topological polar surface area (TPSA) is 86.8 Å². The van der Waals surface area contributed by atoms with E-state index in [2.05, 4.69) is 5.32 Å². The summed E-state index contributed by atoms with van der Waals surface area (Å²) in [7, 11) is -4.12. The molecule has 1 N–H and O–H groups in total. The standard InChI is InChI=1S/C28H31Cl2N3O4S/c1-19(2)31-28(35)21(4)32(17-22-14-15-23(29)16-25(22)30)27(34)18-33(26-13-9-8-10-20(26)3)38(36,37)24-11-6-5-7-12-24/h5-16,19,21H,17-18H2,1-4H3,(H,31,35)/t21-/m0/s1. The van der Waals surface area contributed by atoms with Gasteiger partial charge in [0, 0.05) is 22.6 Å². The minimum Gasteiger partial charge on any atom is -0.352 e. The number of hydrogen-bond acceptors (Lipinski definition) is 4. The van der Waals surface area contributed by atoms with Crippen molar-refractivity contribution in [3.8, 4) is 0 Å².